The molecule has 0 fully saturated rings. The van der Waals surface area contributed by atoms with Gasteiger partial charge in [0.05, 0.1) is 5.69 Å². The number of aromatic amines is 1. The van der Waals surface area contributed by atoms with Crippen molar-refractivity contribution in [3.05, 3.63) is 42.1 Å². The van der Waals surface area contributed by atoms with E-state index in [0.29, 0.717) is 0 Å². The molecule has 0 aliphatic heterocycles. The summed E-state index contributed by atoms with van der Waals surface area (Å²) >= 11 is 0. The molecule has 2 aromatic rings. The summed E-state index contributed by atoms with van der Waals surface area (Å²) in [6.07, 6.45) is 2.97. The molecule has 0 aliphatic rings. The fourth-order valence-electron chi connectivity index (χ4n) is 1.98. The number of hydrogen-bond acceptors (Lipinski definition) is 2. The molecule has 1 heterocycles. The Morgan fingerprint density at radius 1 is 1.18 bits per heavy atom. The highest BCUT2D eigenvalue weighted by atomic mass is 15.1. The number of nitrogens with one attached hydrogen (secondary N) is 1. The topological polar surface area (TPSA) is 31.9 Å². The first kappa shape index (κ1) is 11.9. The molecule has 0 radical (unpaired) electrons. The van der Waals surface area contributed by atoms with Gasteiger partial charge in [0.25, 0.3) is 0 Å². The van der Waals surface area contributed by atoms with Gasteiger partial charge in [-0.05, 0) is 37.2 Å². The van der Waals surface area contributed by atoms with E-state index in [1.165, 1.54) is 17.5 Å². The second kappa shape index (κ2) is 5.64. The van der Waals surface area contributed by atoms with Crippen molar-refractivity contribution >= 4 is 0 Å². The minimum Gasteiger partial charge on any atom is -0.302 e. The quantitative estimate of drug-likeness (QED) is 0.855. The molecular weight excluding hydrogens is 210 g/mol. The number of benzene rings is 1. The van der Waals surface area contributed by atoms with E-state index in [1.54, 1.807) is 6.20 Å². The summed E-state index contributed by atoms with van der Waals surface area (Å²) in [7, 11) is 2.16. The second-order valence-corrected chi connectivity index (χ2v) is 4.41. The van der Waals surface area contributed by atoms with Crippen LogP contribution in [0.4, 0.5) is 0 Å². The first-order valence-electron chi connectivity index (χ1n) is 6.07. The van der Waals surface area contributed by atoms with E-state index in [9.17, 15) is 0 Å². The van der Waals surface area contributed by atoms with Gasteiger partial charge < -0.3 is 4.90 Å². The summed E-state index contributed by atoms with van der Waals surface area (Å²) in [5, 5.41) is 6.93. The molecule has 17 heavy (non-hydrogen) atoms. The molecule has 0 saturated carbocycles. The van der Waals surface area contributed by atoms with E-state index in [1.807, 2.05) is 6.07 Å². The van der Waals surface area contributed by atoms with Gasteiger partial charge in [-0.1, -0.05) is 31.2 Å². The van der Waals surface area contributed by atoms with E-state index in [2.05, 4.69) is 53.3 Å². The number of nitrogens with zero attached hydrogens (tertiary/aromatic N) is 2. The van der Waals surface area contributed by atoms with Crippen molar-refractivity contribution in [2.75, 3.05) is 13.6 Å². The molecule has 1 aromatic heterocycles. The Hall–Kier alpha value is -1.61. The van der Waals surface area contributed by atoms with Crippen LogP contribution >= 0.6 is 0 Å². The summed E-state index contributed by atoms with van der Waals surface area (Å²) in [4.78, 5) is 2.34. The Bertz CT molecular complexity index is 431. The average molecular weight is 229 g/mol. The lowest BCUT2D eigenvalue weighted by molar-refractivity contribution is 0.327. The largest absolute Gasteiger partial charge is 0.302 e. The van der Waals surface area contributed by atoms with Gasteiger partial charge in [-0.3, -0.25) is 5.10 Å². The summed E-state index contributed by atoms with van der Waals surface area (Å²) in [6, 6.07) is 10.6. The maximum absolute atomic E-state index is 3.96. The fourth-order valence-corrected chi connectivity index (χ4v) is 1.98. The highest BCUT2D eigenvalue weighted by Crippen LogP contribution is 2.17. The van der Waals surface area contributed by atoms with Gasteiger partial charge in [0.2, 0.25) is 0 Å². The van der Waals surface area contributed by atoms with E-state index in [0.717, 1.165) is 18.8 Å². The molecule has 0 aliphatic carbocycles. The van der Waals surface area contributed by atoms with Gasteiger partial charge in [0, 0.05) is 12.7 Å². The maximum Gasteiger partial charge on any atom is 0.0650 e. The van der Waals surface area contributed by atoms with E-state index in [-0.39, 0.29) is 0 Å². The molecule has 90 valence electrons. The minimum atomic E-state index is 1.01. The molecule has 1 N–H and O–H groups in total. The van der Waals surface area contributed by atoms with Crippen molar-refractivity contribution in [3.8, 4) is 11.3 Å². The smallest absolute Gasteiger partial charge is 0.0650 e. The van der Waals surface area contributed by atoms with E-state index >= 15 is 0 Å². The normalized spacial score (nSPS) is 11.0. The predicted octanol–water partition coefficient (Wildman–Crippen LogP) is 2.92. The van der Waals surface area contributed by atoms with Crippen LogP contribution < -0.4 is 0 Å². The Balaban J connectivity index is 2.03. The minimum absolute atomic E-state index is 1.01. The van der Waals surface area contributed by atoms with E-state index in [4.69, 9.17) is 0 Å². The molecule has 0 spiro atoms. The molecule has 0 bridgehead atoms. The number of rotatable bonds is 5. The average Bonchev–Trinajstić information content (AvgIpc) is 2.84. The number of hydrogen-bond donors (Lipinski definition) is 1. The van der Waals surface area contributed by atoms with Crippen molar-refractivity contribution in [1.82, 2.24) is 15.1 Å². The van der Waals surface area contributed by atoms with Crippen molar-refractivity contribution < 1.29 is 0 Å². The van der Waals surface area contributed by atoms with Gasteiger partial charge >= 0.3 is 0 Å². The standard InChI is InChI=1S/C14H19N3/c1-3-10-17(2)11-12-4-6-13(7-5-12)14-8-9-15-16-14/h4-9H,3,10-11H2,1-2H3,(H,15,16). The van der Waals surface area contributed by atoms with Crippen LogP contribution in [0.5, 0.6) is 0 Å². The Morgan fingerprint density at radius 2 is 1.94 bits per heavy atom. The molecule has 0 saturated heterocycles. The SMILES string of the molecule is CCCN(C)Cc1ccc(-c2ccn[nH]2)cc1. The van der Waals surface area contributed by atoms with Crippen molar-refractivity contribution in [2.24, 2.45) is 0 Å². The zero-order valence-electron chi connectivity index (χ0n) is 10.5. The van der Waals surface area contributed by atoms with Crippen molar-refractivity contribution in [1.29, 1.82) is 0 Å². The molecule has 0 unspecified atom stereocenters. The van der Waals surface area contributed by atoms with Crippen LogP contribution in [0.2, 0.25) is 0 Å². The van der Waals surface area contributed by atoms with Crippen LogP contribution in [0.3, 0.4) is 0 Å². The third kappa shape index (κ3) is 3.17. The molecular formula is C14H19N3. The third-order valence-corrected chi connectivity index (χ3v) is 2.82. The number of H-pyrrole nitrogens is 1. The lowest BCUT2D eigenvalue weighted by Crippen LogP contribution is -2.18. The van der Waals surface area contributed by atoms with Crippen molar-refractivity contribution in [2.45, 2.75) is 19.9 Å². The third-order valence-electron chi connectivity index (χ3n) is 2.82. The molecule has 1 aromatic carbocycles. The highest BCUT2D eigenvalue weighted by molar-refractivity contribution is 5.58. The Labute approximate surface area is 102 Å². The summed E-state index contributed by atoms with van der Waals surface area (Å²) in [6.45, 7) is 4.36. The molecule has 3 heteroatoms. The van der Waals surface area contributed by atoms with Crippen LogP contribution in [0, 0.1) is 0 Å². The number of aromatic nitrogens is 2. The first-order valence-corrected chi connectivity index (χ1v) is 6.07. The van der Waals surface area contributed by atoms with Gasteiger partial charge in [0.15, 0.2) is 0 Å². The Kier molecular flexibility index (Phi) is 3.94. The van der Waals surface area contributed by atoms with Gasteiger partial charge in [0.1, 0.15) is 0 Å². The second-order valence-electron chi connectivity index (χ2n) is 4.41. The van der Waals surface area contributed by atoms with Crippen LogP contribution in [0.25, 0.3) is 11.3 Å². The van der Waals surface area contributed by atoms with Gasteiger partial charge in [-0.15, -0.1) is 0 Å². The van der Waals surface area contributed by atoms with Crippen LogP contribution in [0.1, 0.15) is 18.9 Å². The van der Waals surface area contributed by atoms with Crippen molar-refractivity contribution in [3.63, 3.8) is 0 Å². The predicted molar refractivity (Wildman–Crippen MR) is 70.6 cm³/mol. The summed E-state index contributed by atoms with van der Waals surface area (Å²) < 4.78 is 0. The summed E-state index contributed by atoms with van der Waals surface area (Å²) in [5.74, 6) is 0. The van der Waals surface area contributed by atoms with Gasteiger partial charge in [-0.25, -0.2) is 0 Å². The van der Waals surface area contributed by atoms with Gasteiger partial charge in [-0.2, -0.15) is 5.10 Å². The van der Waals surface area contributed by atoms with E-state index < -0.39 is 0 Å². The zero-order valence-corrected chi connectivity index (χ0v) is 10.5. The first-order chi connectivity index (χ1) is 8.29. The summed E-state index contributed by atoms with van der Waals surface area (Å²) in [5.41, 5.74) is 3.60. The molecule has 2 rings (SSSR count). The van der Waals surface area contributed by atoms with Crippen LogP contribution in [-0.2, 0) is 6.54 Å². The van der Waals surface area contributed by atoms with Crippen LogP contribution in [0.15, 0.2) is 36.5 Å². The Morgan fingerprint density at radius 3 is 2.53 bits per heavy atom. The lowest BCUT2D eigenvalue weighted by Gasteiger charge is -2.15. The fraction of sp³-hybridized carbons (Fsp3) is 0.357. The zero-order chi connectivity index (χ0) is 12.1. The van der Waals surface area contributed by atoms with Crippen LogP contribution in [-0.4, -0.2) is 28.7 Å². The molecule has 0 amide bonds. The highest BCUT2D eigenvalue weighted by Gasteiger charge is 2.01. The maximum atomic E-state index is 3.96. The molecule has 3 nitrogen and oxygen atoms in total. The lowest BCUT2D eigenvalue weighted by atomic mass is 10.1. The molecule has 0 atom stereocenters. The monoisotopic (exact) mass is 229 g/mol.